The van der Waals surface area contributed by atoms with Gasteiger partial charge in [0.15, 0.2) is 0 Å². The quantitative estimate of drug-likeness (QED) is 0.652. The van der Waals surface area contributed by atoms with Gasteiger partial charge in [-0.1, -0.05) is 0 Å². The van der Waals surface area contributed by atoms with Crippen LogP contribution < -0.4 is 0 Å². The molecule has 3 heterocycles. The minimum absolute atomic E-state index is 0.182. The maximum absolute atomic E-state index is 13.5. The third-order valence-electron chi connectivity index (χ3n) is 6.08. The molecule has 0 radical (unpaired) electrons. The number of hydrogen-bond acceptors (Lipinski definition) is 7. The number of esters is 1. The lowest BCUT2D eigenvalue weighted by Gasteiger charge is -2.32. The summed E-state index contributed by atoms with van der Waals surface area (Å²) in [7, 11) is 3.07. The zero-order valence-corrected chi connectivity index (χ0v) is 19.6. The number of amides is 2. The van der Waals surface area contributed by atoms with Gasteiger partial charge < -0.3 is 19.3 Å². The zero-order chi connectivity index (χ0) is 24.0. The number of aromatic nitrogens is 3. The van der Waals surface area contributed by atoms with Crippen molar-refractivity contribution in [2.45, 2.75) is 57.8 Å². The van der Waals surface area contributed by atoms with E-state index in [9.17, 15) is 14.4 Å². The van der Waals surface area contributed by atoms with E-state index in [1.807, 2.05) is 20.8 Å². The predicted molar refractivity (Wildman–Crippen MR) is 117 cm³/mol. The molecule has 2 aliphatic rings. The SMILES string of the molecule is COC(=O)c1ccc(C2(N(C)C(=O)c3cnn4c3CN(C(=O)OC(C)(C)C)CC4)CC2)nc1. The van der Waals surface area contributed by atoms with Crippen molar-refractivity contribution in [3.63, 3.8) is 0 Å². The summed E-state index contributed by atoms with van der Waals surface area (Å²) in [5, 5.41) is 4.37. The Balaban J connectivity index is 1.53. The van der Waals surface area contributed by atoms with Gasteiger partial charge >= 0.3 is 12.1 Å². The van der Waals surface area contributed by atoms with Crippen molar-refractivity contribution in [3.8, 4) is 0 Å². The van der Waals surface area contributed by atoms with Crippen LogP contribution in [-0.2, 0) is 28.1 Å². The Morgan fingerprint density at radius 3 is 2.42 bits per heavy atom. The molecule has 0 N–H and O–H groups in total. The van der Waals surface area contributed by atoms with Gasteiger partial charge in [-0.3, -0.25) is 14.5 Å². The summed E-state index contributed by atoms with van der Waals surface area (Å²) >= 11 is 0. The van der Waals surface area contributed by atoms with E-state index in [4.69, 9.17) is 9.47 Å². The van der Waals surface area contributed by atoms with E-state index in [0.29, 0.717) is 29.9 Å². The van der Waals surface area contributed by atoms with Crippen LogP contribution in [0.1, 0.15) is 65.7 Å². The molecule has 0 bridgehead atoms. The van der Waals surface area contributed by atoms with E-state index in [1.165, 1.54) is 13.3 Å². The average molecular weight is 456 g/mol. The summed E-state index contributed by atoms with van der Waals surface area (Å²) in [5.74, 6) is -0.636. The van der Waals surface area contributed by atoms with Crippen LogP contribution in [0.15, 0.2) is 24.5 Å². The third kappa shape index (κ3) is 4.29. The van der Waals surface area contributed by atoms with Gasteiger partial charge in [0.05, 0.1) is 54.4 Å². The molecule has 10 heteroatoms. The highest BCUT2D eigenvalue weighted by Gasteiger charge is 2.52. The Morgan fingerprint density at radius 1 is 1.12 bits per heavy atom. The number of carbonyl (C=O) groups is 3. The summed E-state index contributed by atoms with van der Waals surface area (Å²) in [5.41, 5.74) is 1.11. The molecule has 2 aromatic heterocycles. The first-order chi connectivity index (χ1) is 15.6. The predicted octanol–water partition coefficient (Wildman–Crippen LogP) is 2.58. The van der Waals surface area contributed by atoms with Crippen molar-refractivity contribution < 1.29 is 23.9 Å². The molecule has 0 atom stereocenters. The Bertz CT molecular complexity index is 1080. The van der Waals surface area contributed by atoms with Crippen molar-refractivity contribution in [2.75, 3.05) is 20.7 Å². The van der Waals surface area contributed by atoms with Gasteiger partial charge in [-0.25, -0.2) is 9.59 Å². The maximum Gasteiger partial charge on any atom is 0.410 e. The fraction of sp³-hybridized carbons (Fsp3) is 0.522. The number of ether oxygens (including phenoxy) is 2. The van der Waals surface area contributed by atoms with Crippen molar-refractivity contribution in [3.05, 3.63) is 47.0 Å². The summed E-state index contributed by atoms with van der Waals surface area (Å²) in [6.07, 6.45) is 4.17. The van der Waals surface area contributed by atoms with Crippen LogP contribution in [0.3, 0.4) is 0 Å². The molecule has 0 aromatic carbocycles. The van der Waals surface area contributed by atoms with Gasteiger partial charge in [0.2, 0.25) is 0 Å². The van der Waals surface area contributed by atoms with E-state index in [2.05, 4.69) is 10.1 Å². The van der Waals surface area contributed by atoms with Crippen LogP contribution in [0.2, 0.25) is 0 Å². The summed E-state index contributed by atoms with van der Waals surface area (Å²) in [6.45, 7) is 6.68. The summed E-state index contributed by atoms with van der Waals surface area (Å²) in [4.78, 5) is 45.5. The number of carbonyl (C=O) groups excluding carboxylic acids is 3. The fourth-order valence-corrected chi connectivity index (χ4v) is 4.07. The van der Waals surface area contributed by atoms with E-state index < -0.39 is 23.2 Å². The summed E-state index contributed by atoms with van der Waals surface area (Å²) in [6, 6.07) is 3.42. The Kier molecular flexibility index (Phi) is 5.63. The Morgan fingerprint density at radius 2 is 1.85 bits per heavy atom. The van der Waals surface area contributed by atoms with E-state index in [0.717, 1.165) is 18.5 Å². The molecule has 176 valence electrons. The number of pyridine rings is 1. The lowest BCUT2D eigenvalue weighted by Crippen LogP contribution is -2.43. The molecule has 0 unspecified atom stereocenters. The van der Waals surface area contributed by atoms with Crippen LogP contribution in [0.5, 0.6) is 0 Å². The van der Waals surface area contributed by atoms with Gasteiger partial charge in [-0.05, 0) is 45.7 Å². The van der Waals surface area contributed by atoms with Crippen LogP contribution >= 0.6 is 0 Å². The van der Waals surface area contributed by atoms with Gasteiger partial charge in [-0.2, -0.15) is 5.10 Å². The van der Waals surface area contributed by atoms with Crippen molar-refractivity contribution in [1.29, 1.82) is 0 Å². The highest BCUT2D eigenvalue weighted by Crippen LogP contribution is 2.50. The molecule has 33 heavy (non-hydrogen) atoms. The van der Waals surface area contributed by atoms with Crippen molar-refractivity contribution in [1.82, 2.24) is 24.6 Å². The fourth-order valence-electron chi connectivity index (χ4n) is 4.07. The first-order valence-corrected chi connectivity index (χ1v) is 10.9. The Labute approximate surface area is 192 Å². The second-order valence-corrected chi connectivity index (χ2v) is 9.45. The highest BCUT2D eigenvalue weighted by molar-refractivity contribution is 5.96. The zero-order valence-electron chi connectivity index (χ0n) is 19.6. The number of fused-ring (bicyclic) bond motifs is 1. The molecule has 1 aliphatic heterocycles. The number of rotatable bonds is 4. The molecule has 10 nitrogen and oxygen atoms in total. The lowest BCUT2D eigenvalue weighted by molar-refractivity contribution is 0.0192. The van der Waals surface area contributed by atoms with Gasteiger partial charge in [0.25, 0.3) is 5.91 Å². The second-order valence-electron chi connectivity index (χ2n) is 9.45. The highest BCUT2D eigenvalue weighted by atomic mass is 16.6. The van der Waals surface area contributed by atoms with E-state index >= 15 is 0 Å². The largest absolute Gasteiger partial charge is 0.465 e. The molecule has 2 aromatic rings. The van der Waals surface area contributed by atoms with Crippen molar-refractivity contribution in [2.24, 2.45) is 0 Å². The average Bonchev–Trinajstić information content (AvgIpc) is 3.49. The van der Waals surface area contributed by atoms with E-state index in [-0.39, 0.29) is 12.5 Å². The molecule has 0 spiro atoms. The molecule has 4 rings (SSSR count). The van der Waals surface area contributed by atoms with Gasteiger partial charge in [0, 0.05) is 19.8 Å². The minimum Gasteiger partial charge on any atom is -0.465 e. The van der Waals surface area contributed by atoms with Crippen LogP contribution in [0.4, 0.5) is 4.79 Å². The maximum atomic E-state index is 13.5. The molecule has 1 fully saturated rings. The second kappa shape index (κ2) is 8.17. The summed E-state index contributed by atoms with van der Waals surface area (Å²) < 4.78 is 12.0. The van der Waals surface area contributed by atoms with Crippen molar-refractivity contribution >= 4 is 18.0 Å². The normalized spacial score (nSPS) is 16.6. The minimum atomic E-state index is -0.595. The van der Waals surface area contributed by atoms with Gasteiger partial charge in [0.1, 0.15) is 5.60 Å². The monoisotopic (exact) mass is 455 g/mol. The topological polar surface area (TPSA) is 107 Å². The lowest BCUT2D eigenvalue weighted by atomic mass is 10.1. The molecular weight excluding hydrogens is 426 g/mol. The molecule has 0 saturated heterocycles. The van der Waals surface area contributed by atoms with Crippen LogP contribution in [0.25, 0.3) is 0 Å². The number of hydrogen-bond donors (Lipinski definition) is 0. The molecule has 1 saturated carbocycles. The standard InChI is InChI=1S/C23H29N5O5/c1-22(2,3)33-21(31)27-10-11-28-17(14-27)16(13-25-28)19(29)26(4)23(8-9-23)18-7-6-15(12-24-18)20(30)32-5/h6-7,12-13H,8-11,14H2,1-5H3. The Hall–Kier alpha value is -3.43. The van der Waals surface area contributed by atoms with Crippen LogP contribution in [0, 0.1) is 0 Å². The number of nitrogens with zero attached hydrogens (tertiary/aromatic N) is 5. The third-order valence-corrected chi connectivity index (χ3v) is 6.08. The molecular formula is C23H29N5O5. The van der Waals surface area contributed by atoms with E-state index in [1.54, 1.807) is 39.9 Å². The smallest absolute Gasteiger partial charge is 0.410 e. The molecule has 1 aliphatic carbocycles. The first kappa shape index (κ1) is 22.8. The van der Waals surface area contributed by atoms with Gasteiger partial charge in [-0.15, -0.1) is 0 Å². The van der Waals surface area contributed by atoms with Crippen LogP contribution in [-0.4, -0.2) is 68.8 Å². The molecule has 2 amide bonds. The first-order valence-electron chi connectivity index (χ1n) is 10.9. The number of methoxy groups -OCH3 is 1.